The number of ether oxygens (including phenoxy) is 1. The summed E-state index contributed by atoms with van der Waals surface area (Å²) in [6.07, 6.45) is 0.529. The first kappa shape index (κ1) is 13.0. The van der Waals surface area contributed by atoms with Crippen molar-refractivity contribution in [3.63, 3.8) is 0 Å². The molecule has 1 rings (SSSR count). The van der Waals surface area contributed by atoms with E-state index in [1.807, 2.05) is 0 Å². The van der Waals surface area contributed by atoms with Gasteiger partial charge in [-0.25, -0.2) is 0 Å². The van der Waals surface area contributed by atoms with Crippen LogP contribution >= 0.6 is 0 Å². The van der Waals surface area contributed by atoms with Gasteiger partial charge in [-0.1, -0.05) is 6.92 Å². The van der Waals surface area contributed by atoms with Crippen LogP contribution in [0.4, 0.5) is 0 Å². The summed E-state index contributed by atoms with van der Waals surface area (Å²) in [5.41, 5.74) is 5.93. The Morgan fingerprint density at radius 2 is 2.06 bits per heavy atom. The van der Waals surface area contributed by atoms with Gasteiger partial charge >= 0.3 is 5.97 Å². The molecule has 0 aliphatic heterocycles. The van der Waals surface area contributed by atoms with Gasteiger partial charge in [-0.2, -0.15) is 0 Å². The molecule has 0 unspecified atom stereocenters. The largest absolute Gasteiger partial charge is 0.493 e. The molecular weight excluding hydrogens is 220 g/mol. The number of hydrogen-bond donors (Lipinski definition) is 3. The topological polar surface area (TPSA) is 96.4 Å². The van der Waals surface area contributed by atoms with Crippen molar-refractivity contribution in [2.45, 2.75) is 13.3 Å². The van der Waals surface area contributed by atoms with Crippen molar-refractivity contribution in [2.24, 2.45) is 11.7 Å². The molecule has 0 radical (unpaired) electrons. The smallest absolute Gasteiger partial charge is 0.309 e. The van der Waals surface area contributed by atoms with Gasteiger partial charge in [0, 0.05) is 5.56 Å². The van der Waals surface area contributed by atoms with Crippen LogP contribution in [0.25, 0.3) is 0 Å². The number of hydrogen-bond acceptors (Lipinski definition) is 3. The lowest BCUT2D eigenvalue weighted by Crippen LogP contribution is -2.20. The van der Waals surface area contributed by atoms with Crippen LogP contribution in [0, 0.1) is 11.3 Å². The molecule has 0 amide bonds. The Labute approximate surface area is 99.7 Å². The quantitative estimate of drug-likeness (QED) is 0.514. The number of nitrogens with two attached hydrogens (primary N) is 1. The number of benzene rings is 1. The fourth-order valence-corrected chi connectivity index (χ4v) is 1.29. The predicted octanol–water partition coefficient (Wildman–Crippen LogP) is 1.46. The average molecular weight is 236 g/mol. The van der Waals surface area contributed by atoms with Crippen LogP contribution in [-0.4, -0.2) is 23.5 Å². The maximum atomic E-state index is 10.8. The Kier molecular flexibility index (Phi) is 4.51. The van der Waals surface area contributed by atoms with Crippen LogP contribution in [0.1, 0.15) is 18.9 Å². The van der Waals surface area contributed by atoms with Crippen molar-refractivity contribution in [3.8, 4) is 5.75 Å². The molecule has 0 heterocycles. The second-order valence-electron chi connectivity index (χ2n) is 3.69. The molecule has 0 spiro atoms. The Morgan fingerprint density at radius 3 is 2.47 bits per heavy atom. The highest BCUT2D eigenvalue weighted by Crippen LogP contribution is 2.14. The summed E-state index contributed by atoms with van der Waals surface area (Å²) in [4.78, 5) is 10.8. The van der Waals surface area contributed by atoms with Gasteiger partial charge in [0.15, 0.2) is 0 Å². The third-order valence-corrected chi connectivity index (χ3v) is 2.46. The van der Waals surface area contributed by atoms with E-state index < -0.39 is 11.9 Å². The number of carboxylic acids is 1. The van der Waals surface area contributed by atoms with Gasteiger partial charge in [0.1, 0.15) is 18.2 Å². The molecule has 0 aliphatic carbocycles. The van der Waals surface area contributed by atoms with Crippen LogP contribution in [0.2, 0.25) is 0 Å². The van der Waals surface area contributed by atoms with Gasteiger partial charge in [0.25, 0.3) is 0 Å². The van der Waals surface area contributed by atoms with Crippen LogP contribution in [0.3, 0.4) is 0 Å². The number of aliphatic carboxylic acids is 1. The van der Waals surface area contributed by atoms with Gasteiger partial charge < -0.3 is 15.6 Å². The average Bonchev–Trinajstić information content (AvgIpc) is 2.30. The Morgan fingerprint density at radius 1 is 1.47 bits per heavy atom. The number of carbonyl (C=O) groups is 1. The van der Waals surface area contributed by atoms with Gasteiger partial charge in [0.2, 0.25) is 0 Å². The monoisotopic (exact) mass is 236 g/mol. The zero-order valence-electron chi connectivity index (χ0n) is 9.64. The number of amidine groups is 1. The van der Waals surface area contributed by atoms with Crippen LogP contribution in [0.15, 0.2) is 24.3 Å². The minimum absolute atomic E-state index is 0.00600. The molecular formula is C12H16N2O3. The first-order chi connectivity index (χ1) is 8.04. The van der Waals surface area contributed by atoms with E-state index in [1.165, 1.54) is 0 Å². The lowest BCUT2D eigenvalue weighted by Gasteiger charge is -2.11. The van der Waals surface area contributed by atoms with Gasteiger partial charge in [-0.05, 0) is 30.7 Å². The summed E-state index contributed by atoms with van der Waals surface area (Å²) in [6, 6.07) is 6.68. The maximum absolute atomic E-state index is 10.8. The van der Waals surface area contributed by atoms with Gasteiger partial charge in [0.05, 0.1) is 5.92 Å². The third kappa shape index (κ3) is 3.79. The van der Waals surface area contributed by atoms with Crippen LogP contribution in [-0.2, 0) is 4.79 Å². The highest BCUT2D eigenvalue weighted by molar-refractivity contribution is 5.94. The predicted molar refractivity (Wildman–Crippen MR) is 64.4 cm³/mol. The highest BCUT2D eigenvalue weighted by Gasteiger charge is 2.15. The molecule has 5 nitrogen and oxygen atoms in total. The first-order valence-corrected chi connectivity index (χ1v) is 5.34. The fourth-order valence-electron chi connectivity index (χ4n) is 1.29. The van der Waals surface area contributed by atoms with Crippen molar-refractivity contribution < 1.29 is 14.6 Å². The first-order valence-electron chi connectivity index (χ1n) is 5.34. The Balaban J connectivity index is 2.58. The van der Waals surface area contributed by atoms with Crippen molar-refractivity contribution in [1.29, 1.82) is 5.41 Å². The van der Waals surface area contributed by atoms with Crippen molar-refractivity contribution in [3.05, 3.63) is 29.8 Å². The molecule has 0 aliphatic rings. The molecule has 1 atom stereocenters. The summed E-state index contributed by atoms with van der Waals surface area (Å²) in [5, 5.41) is 16.1. The maximum Gasteiger partial charge on any atom is 0.309 e. The van der Waals surface area contributed by atoms with E-state index in [0.717, 1.165) is 0 Å². The lowest BCUT2D eigenvalue weighted by molar-refractivity contribution is -0.142. The van der Waals surface area contributed by atoms with E-state index in [9.17, 15) is 4.79 Å². The number of nitrogen functional groups attached to an aromatic ring is 1. The molecule has 17 heavy (non-hydrogen) atoms. The molecule has 4 N–H and O–H groups in total. The number of carboxylic acid groups (broad SMARTS) is 1. The van der Waals surface area contributed by atoms with E-state index >= 15 is 0 Å². The molecule has 92 valence electrons. The number of rotatable bonds is 6. The van der Waals surface area contributed by atoms with Gasteiger partial charge in [-0.15, -0.1) is 0 Å². The summed E-state index contributed by atoms with van der Waals surface area (Å²) in [7, 11) is 0. The minimum atomic E-state index is -0.854. The Hall–Kier alpha value is -2.04. The molecule has 0 aromatic heterocycles. The van der Waals surface area contributed by atoms with E-state index in [4.69, 9.17) is 21.0 Å². The van der Waals surface area contributed by atoms with E-state index in [0.29, 0.717) is 17.7 Å². The molecule has 1 aromatic carbocycles. The molecule has 0 bridgehead atoms. The molecule has 0 saturated carbocycles. The molecule has 0 fully saturated rings. The number of nitrogens with one attached hydrogen (secondary N) is 1. The minimum Gasteiger partial charge on any atom is -0.493 e. The lowest BCUT2D eigenvalue weighted by atomic mass is 10.1. The van der Waals surface area contributed by atoms with E-state index in [-0.39, 0.29) is 12.4 Å². The van der Waals surface area contributed by atoms with Crippen molar-refractivity contribution >= 4 is 11.8 Å². The van der Waals surface area contributed by atoms with E-state index in [1.54, 1.807) is 31.2 Å². The third-order valence-electron chi connectivity index (χ3n) is 2.46. The second-order valence-corrected chi connectivity index (χ2v) is 3.69. The summed E-state index contributed by atoms with van der Waals surface area (Å²) in [6.45, 7) is 1.95. The standard InChI is InChI=1S/C12H16N2O3/c1-2-8(12(15)16)7-17-10-5-3-9(4-6-10)11(13)14/h3-6,8H,2,7H2,1H3,(H3,13,14)(H,15,16)/t8-/m1/s1. The van der Waals surface area contributed by atoms with Gasteiger partial charge in [-0.3, -0.25) is 10.2 Å². The SMILES string of the molecule is CC[C@H](COc1ccc(C(=N)N)cc1)C(=O)O. The fraction of sp³-hybridized carbons (Fsp3) is 0.333. The van der Waals surface area contributed by atoms with E-state index in [2.05, 4.69) is 0 Å². The van der Waals surface area contributed by atoms with Crippen LogP contribution < -0.4 is 10.5 Å². The van der Waals surface area contributed by atoms with Crippen LogP contribution in [0.5, 0.6) is 5.75 Å². The van der Waals surface area contributed by atoms with Crippen molar-refractivity contribution in [2.75, 3.05) is 6.61 Å². The molecule has 5 heteroatoms. The van der Waals surface area contributed by atoms with Crippen molar-refractivity contribution in [1.82, 2.24) is 0 Å². The summed E-state index contributed by atoms with van der Waals surface area (Å²) < 4.78 is 5.36. The summed E-state index contributed by atoms with van der Waals surface area (Å²) in [5.74, 6) is -0.779. The highest BCUT2D eigenvalue weighted by atomic mass is 16.5. The second kappa shape index (κ2) is 5.89. The normalized spacial score (nSPS) is 11.8. The summed E-state index contributed by atoms with van der Waals surface area (Å²) >= 11 is 0. The zero-order chi connectivity index (χ0) is 12.8. The Bertz CT molecular complexity index is 401. The zero-order valence-corrected chi connectivity index (χ0v) is 9.64. The molecule has 0 saturated heterocycles. The molecule has 1 aromatic rings.